The molecule has 2 aromatic carbocycles. The van der Waals surface area contributed by atoms with Crippen LogP contribution in [-0.2, 0) is 27.1 Å². The van der Waals surface area contributed by atoms with Crippen LogP contribution in [0.2, 0.25) is 0 Å². The van der Waals surface area contributed by atoms with E-state index >= 15 is 0 Å². The van der Waals surface area contributed by atoms with Crippen LogP contribution in [-0.4, -0.2) is 54.0 Å². The summed E-state index contributed by atoms with van der Waals surface area (Å²) in [6, 6.07) is 14.5. The molecule has 0 radical (unpaired) electrons. The van der Waals surface area contributed by atoms with Crippen LogP contribution >= 0.6 is 0 Å². The van der Waals surface area contributed by atoms with Gasteiger partial charge in [0, 0.05) is 43.7 Å². The monoisotopic (exact) mass is 509 g/mol. The number of hydrogen-bond acceptors (Lipinski definition) is 6. The molecule has 0 N–H and O–H groups in total. The van der Waals surface area contributed by atoms with Crippen LogP contribution in [0.5, 0.6) is 0 Å². The first kappa shape index (κ1) is 23.2. The molecule has 0 unspecified atom stereocenters. The fourth-order valence-electron chi connectivity index (χ4n) is 4.08. The molecule has 0 bridgehead atoms. The number of sulfonamides is 1. The van der Waals surface area contributed by atoms with Crippen molar-refractivity contribution in [2.75, 3.05) is 14.1 Å². The number of benzene rings is 2. The fraction of sp³-hybridized carbons (Fsp3) is 0.167. The Morgan fingerprint density at radius 1 is 0.886 bits per heavy atom. The van der Waals surface area contributed by atoms with Crippen molar-refractivity contribution in [2.45, 2.75) is 16.7 Å². The van der Waals surface area contributed by atoms with Crippen molar-refractivity contribution >= 4 is 42.0 Å². The maximum absolute atomic E-state index is 13.9. The number of aromatic nitrogens is 4. The van der Waals surface area contributed by atoms with Crippen molar-refractivity contribution in [1.82, 2.24) is 23.0 Å². The largest absolute Gasteiger partial charge is 0.269 e. The zero-order valence-corrected chi connectivity index (χ0v) is 21.2. The Morgan fingerprint density at radius 3 is 2.29 bits per heavy atom. The van der Waals surface area contributed by atoms with Gasteiger partial charge in [-0.25, -0.2) is 30.1 Å². The Labute approximate surface area is 203 Å². The molecule has 0 aliphatic heterocycles. The highest BCUT2D eigenvalue weighted by Crippen LogP contribution is 2.35. The predicted molar refractivity (Wildman–Crippen MR) is 134 cm³/mol. The minimum Gasteiger partial charge on any atom is -0.267 e. The number of nitrogens with zero attached hydrogens (tertiary/aromatic N) is 5. The third-order valence-electron chi connectivity index (χ3n) is 5.95. The molecule has 9 nitrogen and oxygen atoms in total. The molecule has 180 valence electrons. The average Bonchev–Trinajstić information content (AvgIpc) is 3.40. The lowest BCUT2D eigenvalue weighted by Crippen LogP contribution is -2.22. The second-order valence-electron chi connectivity index (χ2n) is 8.49. The van der Waals surface area contributed by atoms with Crippen molar-refractivity contribution in [3.8, 4) is 11.3 Å². The first-order valence-electron chi connectivity index (χ1n) is 10.7. The van der Waals surface area contributed by atoms with E-state index in [4.69, 9.17) is 0 Å². The third kappa shape index (κ3) is 3.63. The number of fused-ring (bicyclic) bond motifs is 3. The Balaban J connectivity index is 1.87. The van der Waals surface area contributed by atoms with Gasteiger partial charge in [0.15, 0.2) is 5.65 Å². The first-order valence-corrected chi connectivity index (χ1v) is 13.6. The van der Waals surface area contributed by atoms with Crippen molar-refractivity contribution in [1.29, 1.82) is 0 Å². The summed E-state index contributed by atoms with van der Waals surface area (Å²) in [7, 11) is -3.14. The quantitative estimate of drug-likeness (QED) is 0.360. The van der Waals surface area contributed by atoms with Gasteiger partial charge in [0.2, 0.25) is 10.0 Å². The molecule has 5 aromatic rings. The van der Waals surface area contributed by atoms with Crippen LogP contribution in [0, 0.1) is 6.92 Å². The smallest absolute Gasteiger partial charge is 0.267 e. The van der Waals surface area contributed by atoms with Gasteiger partial charge in [-0.15, -0.1) is 0 Å². The molecule has 0 aliphatic rings. The molecule has 0 spiro atoms. The van der Waals surface area contributed by atoms with Crippen LogP contribution in [0.15, 0.2) is 76.8 Å². The second-order valence-corrected chi connectivity index (χ2v) is 12.4. The van der Waals surface area contributed by atoms with Gasteiger partial charge in [0.05, 0.1) is 27.2 Å². The summed E-state index contributed by atoms with van der Waals surface area (Å²) in [5.74, 6) is 0. The van der Waals surface area contributed by atoms with E-state index in [1.807, 2.05) is 6.92 Å². The van der Waals surface area contributed by atoms with Crippen LogP contribution in [0.3, 0.4) is 0 Å². The lowest BCUT2D eigenvalue weighted by molar-refractivity contribution is 0.521. The third-order valence-corrected chi connectivity index (χ3v) is 9.48. The Bertz CT molecular complexity index is 1820. The number of hydrogen-bond donors (Lipinski definition) is 0. The highest BCUT2D eigenvalue weighted by Gasteiger charge is 2.27. The summed E-state index contributed by atoms with van der Waals surface area (Å²) in [5.41, 5.74) is 2.62. The normalized spacial score (nSPS) is 12.7. The first-order chi connectivity index (χ1) is 16.5. The maximum atomic E-state index is 13.9. The van der Waals surface area contributed by atoms with Gasteiger partial charge in [-0.05, 0) is 37.3 Å². The molecule has 5 rings (SSSR count). The van der Waals surface area contributed by atoms with Gasteiger partial charge in [0.25, 0.3) is 10.0 Å². The summed E-state index contributed by atoms with van der Waals surface area (Å²) in [4.78, 5) is 4.64. The SMILES string of the molecule is Cc1ccc(S(=O)(=O)n2c(-c3cccc(S(=O)(=O)N(C)C)c3)cc3c4c(cnc32)cnn4C)cc1. The summed E-state index contributed by atoms with van der Waals surface area (Å²) in [6.45, 7) is 1.88. The van der Waals surface area contributed by atoms with Gasteiger partial charge in [-0.2, -0.15) is 5.10 Å². The van der Waals surface area contributed by atoms with E-state index < -0.39 is 20.0 Å². The van der Waals surface area contributed by atoms with Crippen molar-refractivity contribution in [3.63, 3.8) is 0 Å². The minimum absolute atomic E-state index is 0.0585. The van der Waals surface area contributed by atoms with Gasteiger partial charge >= 0.3 is 0 Å². The molecular weight excluding hydrogens is 486 g/mol. The zero-order valence-electron chi connectivity index (χ0n) is 19.5. The van der Waals surface area contributed by atoms with Gasteiger partial charge in [-0.1, -0.05) is 29.8 Å². The summed E-state index contributed by atoms with van der Waals surface area (Å²) < 4.78 is 57.4. The van der Waals surface area contributed by atoms with E-state index in [9.17, 15) is 16.8 Å². The zero-order chi connectivity index (χ0) is 25.1. The molecule has 0 saturated heterocycles. The number of pyridine rings is 1. The Hall–Kier alpha value is -3.54. The second kappa shape index (κ2) is 8.01. The van der Waals surface area contributed by atoms with Crippen molar-refractivity contribution in [2.24, 2.45) is 7.05 Å². The van der Waals surface area contributed by atoms with Crippen LogP contribution in [0.25, 0.3) is 33.2 Å². The molecule has 35 heavy (non-hydrogen) atoms. The van der Waals surface area contributed by atoms with Gasteiger partial charge in [-0.3, -0.25) is 4.68 Å². The highest BCUT2D eigenvalue weighted by molar-refractivity contribution is 7.90. The molecule has 3 aromatic heterocycles. The van der Waals surface area contributed by atoms with Crippen molar-refractivity contribution < 1.29 is 16.8 Å². The number of aryl methyl sites for hydroxylation is 2. The molecule has 0 aliphatic carbocycles. The van der Waals surface area contributed by atoms with Gasteiger partial charge in [0.1, 0.15) is 0 Å². The molecule has 0 saturated carbocycles. The summed E-state index contributed by atoms with van der Waals surface area (Å²) in [5, 5.41) is 5.64. The van der Waals surface area contributed by atoms with Crippen LogP contribution in [0.4, 0.5) is 0 Å². The van der Waals surface area contributed by atoms with E-state index in [1.165, 1.54) is 30.2 Å². The molecule has 0 atom stereocenters. The molecular formula is C24H23N5O4S2. The molecule has 0 fully saturated rings. The standard InChI is InChI=1S/C24H23N5O4S2/c1-16-8-10-19(11-9-16)35(32,33)29-22(17-6-5-7-20(12-17)34(30,31)27(2)3)13-21-23-18(14-25-24(21)29)15-26-28(23)4/h5-15H,1-4H3. The molecule has 3 heterocycles. The van der Waals surface area contributed by atoms with E-state index in [2.05, 4.69) is 10.1 Å². The lowest BCUT2D eigenvalue weighted by atomic mass is 10.1. The molecule has 0 amide bonds. The van der Waals surface area contributed by atoms with Gasteiger partial charge < -0.3 is 0 Å². The maximum Gasteiger partial charge on any atom is 0.269 e. The average molecular weight is 510 g/mol. The van der Waals surface area contributed by atoms with Crippen LogP contribution < -0.4 is 0 Å². The summed E-state index contributed by atoms with van der Waals surface area (Å²) in [6.07, 6.45) is 3.25. The summed E-state index contributed by atoms with van der Waals surface area (Å²) >= 11 is 0. The Morgan fingerprint density at radius 2 is 1.60 bits per heavy atom. The molecule has 11 heteroatoms. The van der Waals surface area contributed by atoms with Crippen molar-refractivity contribution in [3.05, 3.63) is 72.6 Å². The van der Waals surface area contributed by atoms with E-state index in [-0.39, 0.29) is 15.4 Å². The number of rotatable bonds is 5. The topological polar surface area (TPSA) is 107 Å². The van der Waals surface area contributed by atoms with E-state index in [0.29, 0.717) is 16.6 Å². The minimum atomic E-state index is -4.08. The lowest BCUT2D eigenvalue weighted by Gasteiger charge is -2.14. The van der Waals surface area contributed by atoms with E-state index in [0.717, 1.165) is 20.8 Å². The predicted octanol–water partition coefficient (Wildman–Crippen LogP) is 3.39. The Kier molecular flexibility index (Phi) is 5.31. The van der Waals surface area contributed by atoms with Crippen LogP contribution in [0.1, 0.15) is 5.56 Å². The van der Waals surface area contributed by atoms with E-state index in [1.54, 1.807) is 66.6 Å². The highest BCUT2D eigenvalue weighted by atomic mass is 32.2. The fourth-order valence-corrected chi connectivity index (χ4v) is 6.50.